The van der Waals surface area contributed by atoms with Crippen LogP contribution in [0.2, 0.25) is 0 Å². The number of imidazole rings is 1. The molecule has 2 saturated carbocycles. The second-order valence-corrected chi connectivity index (χ2v) is 7.12. The molecule has 1 aliphatic heterocycles. The van der Waals surface area contributed by atoms with Crippen molar-refractivity contribution in [2.45, 2.75) is 50.2 Å². The van der Waals surface area contributed by atoms with Gasteiger partial charge < -0.3 is 15.0 Å². The number of H-pyrrole nitrogens is 1. The zero-order chi connectivity index (χ0) is 16.3. The molecule has 0 radical (unpaired) electrons. The van der Waals surface area contributed by atoms with Crippen molar-refractivity contribution in [2.75, 3.05) is 11.9 Å². The lowest BCUT2D eigenvalue weighted by Gasteiger charge is -2.57. The first-order valence-electron chi connectivity index (χ1n) is 8.56. The number of hydrogen-bond donors (Lipinski definition) is 2. The molecule has 4 atom stereocenters. The van der Waals surface area contributed by atoms with Gasteiger partial charge in [-0.1, -0.05) is 0 Å². The van der Waals surface area contributed by atoms with Crippen molar-refractivity contribution in [3.63, 3.8) is 0 Å². The lowest BCUT2D eigenvalue weighted by molar-refractivity contribution is -0.160. The highest BCUT2D eigenvalue weighted by Gasteiger charge is 2.62. The van der Waals surface area contributed by atoms with Crippen LogP contribution in [-0.4, -0.2) is 38.2 Å². The molecule has 1 saturated heterocycles. The summed E-state index contributed by atoms with van der Waals surface area (Å²) in [5.41, 5.74) is 0.775. The molecule has 0 bridgehead atoms. The van der Waals surface area contributed by atoms with Gasteiger partial charge in [0.05, 0.1) is 5.60 Å². The molecule has 3 fully saturated rings. The summed E-state index contributed by atoms with van der Waals surface area (Å²) in [5, 5.41) is 3.47. The van der Waals surface area contributed by atoms with E-state index in [2.05, 4.69) is 25.3 Å². The third-order valence-corrected chi connectivity index (χ3v) is 6.10. The fraction of sp³-hybridized carbons (Fsp3) is 0.688. The maximum Gasteiger partial charge on any atom is 0.295 e. The van der Waals surface area contributed by atoms with E-state index in [4.69, 9.17) is 4.74 Å². The van der Waals surface area contributed by atoms with E-state index in [1.54, 1.807) is 0 Å². The average Bonchev–Trinajstić information content (AvgIpc) is 3.10. The maximum atomic E-state index is 12.9. The van der Waals surface area contributed by atoms with Crippen molar-refractivity contribution < 1.29 is 13.5 Å². The zero-order valence-electron chi connectivity index (χ0n) is 13.1. The number of aromatic amines is 1. The number of fused-ring (bicyclic) bond motifs is 1. The minimum atomic E-state index is -2.65. The summed E-state index contributed by atoms with van der Waals surface area (Å²) in [5.74, 6) is 1.36. The number of ether oxygens (including phenoxy) is 1. The second kappa shape index (κ2) is 5.08. The van der Waals surface area contributed by atoms with Crippen LogP contribution in [0.3, 0.4) is 0 Å². The fourth-order valence-corrected chi connectivity index (χ4v) is 5.00. The predicted octanol–water partition coefficient (Wildman–Crippen LogP) is 3.05. The van der Waals surface area contributed by atoms with Gasteiger partial charge in [-0.05, 0) is 38.0 Å². The Morgan fingerprint density at radius 3 is 3.08 bits per heavy atom. The number of nitrogens with one attached hydrogen (secondary N) is 2. The highest BCUT2D eigenvalue weighted by atomic mass is 19.3. The number of alkyl halides is 2. The summed E-state index contributed by atoms with van der Waals surface area (Å²) < 4.78 is 31.9. The van der Waals surface area contributed by atoms with Crippen LogP contribution in [0.15, 0.2) is 6.33 Å². The van der Waals surface area contributed by atoms with Gasteiger partial charge >= 0.3 is 0 Å². The molecular formula is C16H19F2N5O. The van der Waals surface area contributed by atoms with Gasteiger partial charge in [-0.2, -0.15) is 0 Å². The normalized spacial score (nSPS) is 34.9. The lowest BCUT2D eigenvalue weighted by Crippen LogP contribution is -2.61. The Labute approximate surface area is 137 Å². The van der Waals surface area contributed by atoms with Gasteiger partial charge in [0.2, 0.25) is 0 Å². The van der Waals surface area contributed by atoms with E-state index in [9.17, 15) is 8.78 Å². The lowest BCUT2D eigenvalue weighted by atomic mass is 9.53. The smallest absolute Gasteiger partial charge is 0.295 e. The Hall–Kier alpha value is -1.83. The van der Waals surface area contributed by atoms with Crippen molar-refractivity contribution >= 4 is 17.0 Å². The molecule has 3 heterocycles. The van der Waals surface area contributed by atoms with Crippen LogP contribution in [-0.2, 0) is 4.74 Å². The molecule has 0 aromatic carbocycles. The molecule has 24 heavy (non-hydrogen) atoms. The van der Waals surface area contributed by atoms with Gasteiger partial charge in [0.1, 0.15) is 11.8 Å². The SMILES string of the molecule is FC(F)c1nc2ncnc(NC3CCCC45OCCC4CC35)c2[nH]1. The van der Waals surface area contributed by atoms with Crippen molar-refractivity contribution in [2.24, 2.45) is 11.8 Å². The Bertz CT molecular complexity index is 781. The Kier molecular flexibility index (Phi) is 3.07. The summed E-state index contributed by atoms with van der Waals surface area (Å²) in [7, 11) is 0. The third kappa shape index (κ3) is 1.92. The minimum absolute atomic E-state index is 0.0458. The first kappa shape index (κ1) is 14.5. The van der Waals surface area contributed by atoms with Crippen LogP contribution >= 0.6 is 0 Å². The van der Waals surface area contributed by atoms with Gasteiger partial charge in [-0.15, -0.1) is 0 Å². The van der Waals surface area contributed by atoms with Crippen LogP contribution in [0.5, 0.6) is 0 Å². The summed E-state index contributed by atoms with van der Waals surface area (Å²) in [6.07, 6.45) is 4.36. The molecular weight excluding hydrogens is 316 g/mol. The van der Waals surface area contributed by atoms with E-state index >= 15 is 0 Å². The molecule has 8 heteroatoms. The van der Waals surface area contributed by atoms with E-state index < -0.39 is 6.43 Å². The molecule has 6 nitrogen and oxygen atoms in total. The Balaban J connectivity index is 1.44. The maximum absolute atomic E-state index is 12.9. The topological polar surface area (TPSA) is 75.7 Å². The summed E-state index contributed by atoms with van der Waals surface area (Å²) >= 11 is 0. The number of rotatable bonds is 3. The predicted molar refractivity (Wildman–Crippen MR) is 82.8 cm³/mol. The van der Waals surface area contributed by atoms with Crippen LogP contribution in [0, 0.1) is 11.8 Å². The van der Waals surface area contributed by atoms with Gasteiger partial charge in [0.25, 0.3) is 6.43 Å². The number of hydrogen-bond acceptors (Lipinski definition) is 5. The van der Waals surface area contributed by atoms with E-state index in [0.29, 0.717) is 23.2 Å². The molecule has 1 spiro atoms. The van der Waals surface area contributed by atoms with Crippen LogP contribution in [0.1, 0.15) is 44.4 Å². The van der Waals surface area contributed by atoms with Crippen molar-refractivity contribution in [3.05, 3.63) is 12.2 Å². The van der Waals surface area contributed by atoms with Crippen LogP contribution < -0.4 is 5.32 Å². The monoisotopic (exact) mass is 335 g/mol. The van der Waals surface area contributed by atoms with Gasteiger partial charge in [-0.25, -0.2) is 23.7 Å². The standard InChI is InChI=1S/C16H19F2N5O/c17-12(18)15-22-11-13(19-7-20-14(11)23-15)21-10-2-1-4-16-8(3-5-24-16)6-9(10)16/h7-10,12H,1-6H2,(H2,19,20,21,22,23). The van der Waals surface area contributed by atoms with Gasteiger partial charge in [0, 0.05) is 18.6 Å². The molecule has 4 unspecified atom stereocenters. The quantitative estimate of drug-likeness (QED) is 0.902. The molecule has 2 N–H and O–H groups in total. The molecule has 2 aromatic rings. The Morgan fingerprint density at radius 1 is 1.33 bits per heavy atom. The highest BCUT2D eigenvalue weighted by Crippen LogP contribution is 2.59. The first-order chi connectivity index (χ1) is 11.7. The molecule has 2 aliphatic carbocycles. The van der Waals surface area contributed by atoms with E-state index in [1.807, 2.05) is 0 Å². The average molecular weight is 335 g/mol. The molecule has 128 valence electrons. The highest BCUT2D eigenvalue weighted by molar-refractivity contribution is 5.82. The molecule has 2 aromatic heterocycles. The number of anilines is 1. The molecule has 5 rings (SSSR count). The summed E-state index contributed by atoms with van der Waals surface area (Å²) in [6, 6.07) is 0.254. The Morgan fingerprint density at radius 2 is 2.25 bits per heavy atom. The minimum Gasteiger partial charge on any atom is -0.374 e. The van der Waals surface area contributed by atoms with Crippen molar-refractivity contribution in [1.82, 2.24) is 19.9 Å². The largest absolute Gasteiger partial charge is 0.374 e. The molecule has 3 aliphatic rings. The van der Waals surface area contributed by atoms with E-state index in [-0.39, 0.29) is 23.1 Å². The third-order valence-electron chi connectivity index (χ3n) is 6.10. The number of nitrogens with zero attached hydrogens (tertiary/aromatic N) is 3. The van der Waals surface area contributed by atoms with Crippen LogP contribution in [0.25, 0.3) is 11.2 Å². The first-order valence-corrected chi connectivity index (χ1v) is 8.56. The van der Waals surface area contributed by atoms with Crippen molar-refractivity contribution in [1.29, 1.82) is 0 Å². The second-order valence-electron chi connectivity index (χ2n) is 7.12. The number of aromatic nitrogens is 4. The van der Waals surface area contributed by atoms with E-state index in [1.165, 1.54) is 19.2 Å². The molecule has 0 amide bonds. The van der Waals surface area contributed by atoms with Gasteiger partial charge in [0.15, 0.2) is 17.3 Å². The van der Waals surface area contributed by atoms with Crippen LogP contribution in [0.4, 0.5) is 14.6 Å². The fourth-order valence-electron chi connectivity index (χ4n) is 5.00. The zero-order valence-corrected chi connectivity index (χ0v) is 13.1. The van der Waals surface area contributed by atoms with E-state index in [0.717, 1.165) is 25.9 Å². The number of halogens is 2. The summed E-state index contributed by atoms with van der Waals surface area (Å²) in [6.45, 7) is 0.865. The summed E-state index contributed by atoms with van der Waals surface area (Å²) in [4.78, 5) is 14.8. The van der Waals surface area contributed by atoms with Crippen molar-refractivity contribution in [3.8, 4) is 0 Å². The van der Waals surface area contributed by atoms with Gasteiger partial charge in [-0.3, -0.25) is 0 Å².